The number of methoxy groups -OCH3 is 1. The second kappa shape index (κ2) is 10.8. The van der Waals surface area contributed by atoms with Crippen molar-refractivity contribution in [3.05, 3.63) is 88.5 Å². The lowest BCUT2D eigenvalue weighted by atomic mass is 10.1. The van der Waals surface area contributed by atoms with Crippen LogP contribution in [0.2, 0.25) is 0 Å². The maximum absolute atomic E-state index is 13.6. The van der Waals surface area contributed by atoms with Crippen LogP contribution in [-0.4, -0.2) is 29.9 Å². The minimum Gasteiger partial charge on any atom is -0.486 e. The number of hydrogen-bond donors (Lipinski definition) is 2. The van der Waals surface area contributed by atoms with E-state index in [9.17, 15) is 27.6 Å². The van der Waals surface area contributed by atoms with Gasteiger partial charge in [0.25, 0.3) is 11.8 Å². The van der Waals surface area contributed by atoms with Crippen LogP contribution in [0.4, 0.5) is 18.9 Å². The topological polar surface area (TPSA) is 147 Å². The van der Waals surface area contributed by atoms with Crippen LogP contribution in [0.5, 0.6) is 5.75 Å². The average Bonchev–Trinajstić information content (AvgIpc) is 3.71. The lowest BCUT2D eigenvalue weighted by Gasteiger charge is -2.10. The number of fused-ring (bicyclic) bond motifs is 1. The second-order valence-corrected chi connectivity index (χ2v) is 9.40. The predicted octanol–water partition coefficient (Wildman–Crippen LogP) is 5.88. The number of halogens is 3. The number of benzene rings is 1. The molecule has 210 valence electrons. The Labute approximate surface area is 232 Å². The lowest BCUT2D eigenvalue weighted by Crippen LogP contribution is -2.16. The zero-order valence-electron chi connectivity index (χ0n) is 20.9. The summed E-state index contributed by atoms with van der Waals surface area (Å²) in [7, 11) is 1.27. The van der Waals surface area contributed by atoms with Crippen molar-refractivity contribution in [2.75, 3.05) is 12.4 Å². The Morgan fingerprint density at radius 2 is 1.85 bits per heavy atom. The summed E-state index contributed by atoms with van der Waals surface area (Å²) < 4.78 is 61.9. The van der Waals surface area contributed by atoms with Crippen LogP contribution in [0.25, 0.3) is 21.5 Å². The van der Waals surface area contributed by atoms with Gasteiger partial charge in [0.1, 0.15) is 39.3 Å². The number of amides is 2. The van der Waals surface area contributed by atoms with E-state index in [0.717, 1.165) is 6.07 Å². The number of carbonyl (C=O) groups excluding carboxylic acids is 3. The van der Waals surface area contributed by atoms with Gasteiger partial charge in [-0.3, -0.25) is 9.59 Å². The molecular weight excluding hydrogens is 567 g/mol. The number of alkyl halides is 3. The Kier molecular flexibility index (Phi) is 7.24. The van der Waals surface area contributed by atoms with E-state index in [1.54, 1.807) is 12.1 Å². The highest BCUT2D eigenvalue weighted by atomic mass is 32.1. The Morgan fingerprint density at radius 1 is 1.10 bits per heavy atom. The molecule has 0 saturated carbocycles. The predicted molar refractivity (Wildman–Crippen MR) is 140 cm³/mol. The van der Waals surface area contributed by atoms with Crippen molar-refractivity contribution >= 4 is 45.0 Å². The first kappa shape index (κ1) is 27.5. The fourth-order valence-electron chi connectivity index (χ4n) is 3.87. The van der Waals surface area contributed by atoms with Gasteiger partial charge >= 0.3 is 12.1 Å². The fourth-order valence-corrected chi connectivity index (χ4v) is 4.88. The van der Waals surface area contributed by atoms with Gasteiger partial charge in [-0.15, -0.1) is 11.3 Å². The van der Waals surface area contributed by atoms with Crippen LogP contribution in [0.1, 0.15) is 42.0 Å². The zero-order valence-corrected chi connectivity index (χ0v) is 21.7. The molecule has 10 nitrogen and oxygen atoms in total. The summed E-state index contributed by atoms with van der Waals surface area (Å²) in [4.78, 5) is 40.2. The van der Waals surface area contributed by atoms with Crippen molar-refractivity contribution in [1.29, 1.82) is 0 Å². The van der Waals surface area contributed by atoms with Gasteiger partial charge in [-0.05, 0) is 54.6 Å². The van der Waals surface area contributed by atoms with Crippen molar-refractivity contribution < 1.29 is 45.9 Å². The monoisotopic (exact) mass is 585 g/mol. The highest BCUT2D eigenvalue weighted by Gasteiger charge is 2.35. The number of nitrogens with two attached hydrogens (primary N) is 1. The summed E-state index contributed by atoms with van der Waals surface area (Å²) in [5.41, 5.74) is 4.46. The van der Waals surface area contributed by atoms with Crippen molar-refractivity contribution in [1.82, 2.24) is 4.98 Å². The van der Waals surface area contributed by atoms with E-state index < -0.39 is 29.7 Å². The molecule has 4 heterocycles. The number of thiophene rings is 1. The Hall–Kier alpha value is -5.11. The minimum atomic E-state index is -4.79. The SMILES string of the molecule is COC(=O)c1ccc(OCc2ccc(C(=O)Nc3c(C(N)=O)sc4nc(C(F)(F)F)cc(-c5ccco5)c34)o2)cc1. The molecule has 0 aliphatic rings. The maximum atomic E-state index is 13.6. The molecule has 0 aliphatic carbocycles. The van der Waals surface area contributed by atoms with E-state index in [-0.39, 0.29) is 50.2 Å². The molecule has 0 radical (unpaired) electrons. The van der Waals surface area contributed by atoms with E-state index in [2.05, 4.69) is 15.0 Å². The number of ether oxygens (including phenoxy) is 2. The molecule has 5 rings (SSSR count). The third kappa shape index (κ3) is 5.63. The molecule has 3 N–H and O–H groups in total. The van der Waals surface area contributed by atoms with Crippen LogP contribution in [0.3, 0.4) is 0 Å². The lowest BCUT2D eigenvalue weighted by molar-refractivity contribution is -0.140. The van der Waals surface area contributed by atoms with Crippen molar-refractivity contribution in [3.8, 4) is 17.1 Å². The molecule has 4 aromatic heterocycles. The van der Waals surface area contributed by atoms with Crippen molar-refractivity contribution in [2.45, 2.75) is 12.8 Å². The number of nitrogens with one attached hydrogen (secondary N) is 1. The van der Waals surface area contributed by atoms with Gasteiger partial charge in [-0.2, -0.15) is 13.2 Å². The van der Waals surface area contributed by atoms with E-state index in [1.165, 1.54) is 49.8 Å². The first-order valence-corrected chi connectivity index (χ1v) is 12.5. The van der Waals surface area contributed by atoms with Gasteiger partial charge in [0.05, 0.1) is 24.6 Å². The molecule has 0 bridgehead atoms. The molecule has 0 saturated heterocycles. The third-order valence-corrected chi connectivity index (χ3v) is 6.84. The van der Waals surface area contributed by atoms with Crippen molar-refractivity contribution in [2.24, 2.45) is 5.73 Å². The molecule has 0 unspecified atom stereocenters. The van der Waals surface area contributed by atoms with Gasteiger partial charge < -0.3 is 29.4 Å². The number of rotatable bonds is 8. The number of primary amides is 1. The Bertz CT molecular complexity index is 1760. The summed E-state index contributed by atoms with van der Waals surface area (Å²) in [5.74, 6) is -1.69. The van der Waals surface area contributed by atoms with Crippen LogP contribution in [0.15, 0.2) is 69.7 Å². The minimum absolute atomic E-state index is 0.0434. The molecule has 0 fully saturated rings. The summed E-state index contributed by atoms with van der Waals surface area (Å²) in [6.07, 6.45) is -3.51. The smallest absolute Gasteiger partial charge is 0.433 e. The molecule has 14 heteroatoms. The quantitative estimate of drug-likeness (QED) is 0.215. The molecule has 0 atom stereocenters. The van der Waals surface area contributed by atoms with Gasteiger partial charge in [-0.25, -0.2) is 9.78 Å². The van der Waals surface area contributed by atoms with E-state index in [1.807, 2.05) is 0 Å². The summed E-state index contributed by atoms with van der Waals surface area (Å²) in [6.45, 7) is -0.0639. The summed E-state index contributed by atoms with van der Waals surface area (Å²) in [5, 5.41) is 2.58. The van der Waals surface area contributed by atoms with E-state index in [4.69, 9.17) is 19.3 Å². The van der Waals surface area contributed by atoms with E-state index >= 15 is 0 Å². The number of anilines is 1. The molecule has 5 aromatic rings. The number of carbonyl (C=O) groups is 3. The largest absolute Gasteiger partial charge is 0.486 e. The number of furan rings is 2. The Morgan fingerprint density at radius 3 is 2.49 bits per heavy atom. The number of hydrogen-bond acceptors (Lipinski definition) is 9. The first-order valence-electron chi connectivity index (χ1n) is 11.6. The zero-order chi connectivity index (χ0) is 29.3. The van der Waals surface area contributed by atoms with Gasteiger partial charge in [0, 0.05) is 10.9 Å². The van der Waals surface area contributed by atoms with Crippen LogP contribution >= 0.6 is 11.3 Å². The van der Waals surface area contributed by atoms with Crippen LogP contribution in [-0.2, 0) is 17.5 Å². The summed E-state index contributed by atoms with van der Waals surface area (Å²) in [6, 6.07) is 12.7. The van der Waals surface area contributed by atoms with Crippen molar-refractivity contribution in [3.63, 3.8) is 0 Å². The van der Waals surface area contributed by atoms with Gasteiger partial charge in [0.2, 0.25) is 0 Å². The molecule has 0 aliphatic heterocycles. The highest BCUT2D eigenvalue weighted by molar-refractivity contribution is 7.21. The summed E-state index contributed by atoms with van der Waals surface area (Å²) >= 11 is 0.604. The second-order valence-electron chi connectivity index (χ2n) is 8.41. The Balaban J connectivity index is 1.42. The fraction of sp³-hybridized carbons (Fsp3) is 0.111. The maximum Gasteiger partial charge on any atom is 0.433 e. The standard InChI is InChI=1S/C27H18F3N3O7S/c1-37-26(36)13-4-6-14(7-5-13)39-12-15-8-9-18(40-15)24(35)33-21-20-16(17-3-2-10-38-17)11-19(27(28,29)30)32-25(20)41-22(21)23(31)34/h2-11H,12H2,1H3,(H2,31,34)(H,33,35). The highest BCUT2D eigenvalue weighted by Crippen LogP contribution is 2.43. The molecule has 2 amide bonds. The number of esters is 1. The van der Waals surface area contributed by atoms with Gasteiger partial charge in [0.15, 0.2) is 5.76 Å². The first-order chi connectivity index (χ1) is 19.5. The number of nitrogens with zero attached hydrogens (tertiary/aromatic N) is 1. The average molecular weight is 586 g/mol. The number of aromatic nitrogens is 1. The van der Waals surface area contributed by atoms with E-state index in [0.29, 0.717) is 22.6 Å². The molecule has 0 spiro atoms. The molecule has 41 heavy (non-hydrogen) atoms. The van der Waals surface area contributed by atoms with Crippen LogP contribution in [0, 0.1) is 0 Å². The normalized spacial score (nSPS) is 11.4. The molecular formula is C27H18F3N3O7S. The third-order valence-electron chi connectivity index (χ3n) is 5.74. The number of pyridine rings is 1. The van der Waals surface area contributed by atoms with Gasteiger partial charge in [-0.1, -0.05) is 0 Å². The molecule has 1 aromatic carbocycles. The van der Waals surface area contributed by atoms with Crippen LogP contribution < -0.4 is 15.8 Å².